The van der Waals surface area contributed by atoms with Gasteiger partial charge in [-0.25, -0.2) is 4.98 Å². The van der Waals surface area contributed by atoms with Crippen molar-refractivity contribution in [1.82, 2.24) is 20.5 Å². The van der Waals surface area contributed by atoms with Crippen molar-refractivity contribution in [3.05, 3.63) is 35.7 Å². The molecule has 0 unspecified atom stereocenters. The Balaban J connectivity index is 1.71. The van der Waals surface area contributed by atoms with Gasteiger partial charge in [-0.1, -0.05) is 23.3 Å². The Morgan fingerprint density at radius 3 is 2.53 bits per heavy atom. The molecular formula is C22H27N7O. The number of benzene rings is 1. The molecular weight excluding hydrogens is 378 g/mol. The van der Waals surface area contributed by atoms with Crippen LogP contribution >= 0.6 is 0 Å². The molecule has 1 saturated heterocycles. The summed E-state index contributed by atoms with van der Waals surface area (Å²) in [5, 5.41) is 25.6. The maximum absolute atomic E-state index is 10.0. The first kappa shape index (κ1) is 20.1. The van der Waals surface area contributed by atoms with Crippen molar-refractivity contribution in [2.24, 2.45) is 0 Å². The lowest BCUT2D eigenvalue weighted by Crippen LogP contribution is -2.49. The van der Waals surface area contributed by atoms with Gasteiger partial charge in [0.15, 0.2) is 5.82 Å². The molecule has 1 aromatic carbocycles. The number of pyridine rings is 1. The summed E-state index contributed by atoms with van der Waals surface area (Å²) < 4.78 is 5.44. The van der Waals surface area contributed by atoms with Gasteiger partial charge in [0.25, 0.3) is 0 Å². The average molecular weight is 406 g/mol. The van der Waals surface area contributed by atoms with Gasteiger partial charge in [0.2, 0.25) is 5.89 Å². The smallest absolute Gasteiger partial charge is 0.321 e. The Morgan fingerprint density at radius 2 is 1.90 bits per heavy atom. The Kier molecular flexibility index (Phi) is 5.31. The number of rotatable bonds is 4. The fourth-order valence-corrected chi connectivity index (χ4v) is 4.03. The van der Waals surface area contributed by atoms with Crippen LogP contribution in [0, 0.1) is 18.3 Å². The van der Waals surface area contributed by atoms with Crippen LogP contribution < -0.4 is 15.5 Å². The summed E-state index contributed by atoms with van der Waals surface area (Å²) in [5.74, 6) is 0.884. The van der Waals surface area contributed by atoms with Crippen molar-refractivity contribution in [1.29, 1.82) is 5.26 Å². The third-order valence-electron chi connectivity index (χ3n) is 5.18. The highest BCUT2D eigenvalue weighted by molar-refractivity contribution is 5.98. The summed E-state index contributed by atoms with van der Waals surface area (Å²) in [4.78, 5) is 6.97. The molecule has 8 heteroatoms. The fraction of sp³-hybridized carbons (Fsp3) is 0.455. The largest absolute Gasteiger partial charge is 0.408 e. The van der Waals surface area contributed by atoms with Crippen molar-refractivity contribution in [2.75, 3.05) is 23.3 Å². The number of para-hydroxylation sites is 1. The predicted molar refractivity (Wildman–Crippen MR) is 117 cm³/mol. The first-order chi connectivity index (χ1) is 14.3. The first-order valence-electron chi connectivity index (χ1n) is 10.3. The number of nitrogens with zero attached hydrogens (tertiary/aromatic N) is 5. The van der Waals surface area contributed by atoms with Crippen LogP contribution in [0.1, 0.15) is 45.1 Å². The van der Waals surface area contributed by atoms with Gasteiger partial charge in [-0.3, -0.25) is 5.32 Å². The van der Waals surface area contributed by atoms with Crippen LogP contribution in [0.5, 0.6) is 0 Å². The molecule has 1 fully saturated rings. The zero-order valence-electron chi connectivity index (χ0n) is 17.9. The molecule has 1 aliphatic heterocycles. The maximum Gasteiger partial charge on any atom is 0.321 e. The third kappa shape index (κ3) is 4.21. The molecule has 3 aromatic rings. The van der Waals surface area contributed by atoms with Gasteiger partial charge in [-0.05, 0) is 39.7 Å². The minimum absolute atomic E-state index is 0.0906. The Morgan fingerprint density at radius 1 is 1.17 bits per heavy atom. The average Bonchev–Trinajstić information content (AvgIpc) is 3.11. The maximum atomic E-state index is 10.0. The van der Waals surface area contributed by atoms with E-state index in [4.69, 9.17) is 4.42 Å². The van der Waals surface area contributed by atoms with Crippen LogP contribution in [-0.2, 0) is 0 Å². The Bertz CT molecular complexity index is 1090. The van der Waals surface area contributed by atoms with E-state index in [-0.39, 0.29) is 11.6 Å². The van der Waals surface area contributed by atoms with Crippen LogP contribution in [0.3, 0.4) is 0 Å². The molecule has 8 nitrogen and oxygen atoms in total. The second-order valence-corrected chi connectivity index (χ2v) is 8.72. The second kappa shape index (κ2) is 7.92. The molecule has 0 amide bonds. The van der Waals surface area contributed by atoms with E-state index in [0.29, 0.717) is 23.3 Å². The molecule has 0 atom stereocenters. The topological polar surface area (TPSA) is 103 Å². The summed E-state index contributed by atoms with van der Waals surface area (Å²) in [6.45, 7) is 10.0. The van der Waals surface area contributed by atoms with Gasteiger partial charge in [0.1, 0.15) is 11.6 Å². The molecule has 0 radical (unpaired) electrons. The van der Waals surface area contributed by atoms with E-state index in [1.165, 1.54) is 0 Å². The monoisotopic (exact) mass is 405 g/mol. The predicted octanol–water partition coefficient (Wildman–Crippen LogP) is 3.90. The van der Waals surface area contributed by atoms with E-state index in [9.17, 15) is 5.26 Å². The lowest BCUT2D eigenvalue weighted by molar-refractivity contribution is 0.317. The zero-order chi connectivity index (χ0) is 21.3. The standard InChI is InChI=1S/C22H27N7O/c1-14-27-28-21(30-14)25-20-17(13-23)19(16-7-5-6-8-18(16)24-20)29-11-9-15(10-12-29)26-22(2,3)4/h5-8,15,26H,9-12H2,1-4H3,(H,24,25,28). The number of hydrogen-bond acceptors (Lipinski definition) is 8. The SMILES string of the molecule is Cc1nnc(Nc2nc3ccccc3c(N3CCC(NC(C)(C)C)CC3)c2C#N)o1. The number of anilines is 3. The van der Waals surface area contributed by atoms with Gasteiger partial charge in [-0.2, -0.15) is 5.26 Å². The highest BCUT2D eigenvalue weighted by atomic mass is 16.4. The minimum atomic E-state index is 0.0906. The molecule has 0 bridgehead atoms. The van der Waals surface area contributed by atoms with Crippen LogP contribution in [0.25, 0.3) is 10.9 Å². The lowest BCUT2D eigenvalue weighted by atomic mass is 9.98. The van der Waals surface area contributed by atoms with Crippen LogP contribution in [0.2, 0.25) is 0 Å². The highest BCUT2D eigenvalue weighted by Gasteiger charge is 2.27. The molecule has 2 N–H and O–H groups in total. The fourth-order valence-electron chi connectivity index (χ4n) is 4.03. The van der Waals surface area contributed by atoms with E-state index in [0.717, 1.165) is 42.5 Å². The molecule has 0 saturated carbocycles. The Hall–Kier alpha value is -3.18. The van der Waals surface area contributed by atoms with Crippen molar-refractivity contribution < 1.29 is 4.42 Å². The molecule has 156 valence electrons. The summed E-state index contributed by atoms with van der Waals surface area (Å²) in [6, 6.07) is 11.0. The number of fused-ring (bicyclic) bond motifs is 1. The van der Waals surface area contributed by atoms with Crippen LogP contribution in [0.15, 0.2) is 28.7 Å². The van der Waals surface area contributed by atoms with Crippen molar-refractivity contribution in [3.8, 4) is 6.07 Å². The number of piperidine rings is 1. The molecule has 4 rings (SSSR count). The zero-order valence-corrected chi connectivity index (χ0v) is 17.9. The van der Waals surface area contributed by atoms with E-state index >= 15 is 0 Å². The summed E-state index contributed by atoms with van der Waals surface area (Å²) in [6.07, 6.45) is 2.04. The summed E-state index contributed by atoms with van der Waals surface area (Å²) in [5.41, 5.74) is 2.32. The van der Waals surface area contributed by atoms with E-state index in [2.05, 4.69) is 57.6 Å². The summed E-state index contributed by atoms with van der Waals surface area (Å²) in [7, 11) is 0. The molecule has 0 aliphatic carbocycles. The first-order valence-corrected chi connectivity index (χ1v) is 10.3. The van der Waals surface area contributed by atoms with Crippen molar-refractivity contribution in [2.45, 2.75) is 52.1 Å². The van der Waals surface area contributed by atoms with Gasteiger partial charge < -0.3 is 14.6 Å². The van der Waals surface area contributed by atoms with E-state index in [1.807, 2.05) is 24.3 Å². The molecule has 1 aliphatic rings. The highest BCUT2D eigenvalue weighted by Crippen LogP contribution is 2.36. The normalized spacial score (nSPS) is 15.4. The molecule has 3 heterocycles. The molecule has 30 heavy (non-hydrogen) atoms. The van der Waals surface area contributed by atoms with Gasteiger partial charge in [0, 0.05) is 37.0 Å². The second-order valence-electron chi connectivity index (χ2n) is 8.72. The molecule has 2 aromatic heterocycles. The van der Waals surface area contributed by atoms with Crippen LogP contribution in [0.4, 0.5) is 17.5 Å². The summed E-state index contributed by atoms with van der Waals surface area (Å²) >= 11 is 0. The number of aryl methyl sites for hydroxylation is 1. The van der Waals surface area contributed by atoms with E-state index < -0.39 is 0 Å². The van der Waals surface area contributed by atoms with Crippen molar-refractivity contribution in [3.63, 3.8) is 0 Å². The lowest BCUT2D eigenvalue weighted by Gasteiger charge is -2.38. The van der Waals surface area contributed by atoms with Gasteiger partial charge in [0.05, 0.1) is 11.2 Å². The van der Waals surface area contributed by atoms with E-state index in [1.54, 1.807) is 6.92 Å². The third-order valence-corrected chi connectivity index (χ3v) is 5.18. The molecule has 0 spiro atoms. The van der Waals surface area contributed by atoms with Crippen molar-refractivity contribution >= 4 is 28.4 Å². The van der Waals surface area contributed by atoms with Crippen LogP contribution in [-0.4, -0.2) is 39.9 Å². The minimum Gasteiger partial charge on any atom is -0.408 e. The number of hydrogen-bond donors (Lipinski definition) is 2. The Labute approximate surface area is 176 Å². The quantitative estimate of drug-likeness (QED) is 0.674. The number of aromatic nitrogens is 3. The number of nitriles is 1. The van der Waals surface area contributed by atoms with Gasteiger partial charge >= 0.3 is 6.01 Å². The number of nitrogens with one attached hydrogen (secondary N) is 2. The van der Waals surface area contributed by atoms with Gasteiger partial charge in [-0.15, -0.1) is 5.10 Å².